The zero-order valence-electron chi connectivity index (χ0n) is 11.2. The monoisotopic (exact) mass is 264 g/mol. The fraction of sp³-hybridized carbons (Fsp3) is 0.235. The van der Waals surface area contributed by atoms with Crippen molar-refractivity contribution in [3.8, 4) is 17.2 Å². The fourth-order valence-corrected chi connectivity index (χ4v) is 2.73. The highest BCUT2D eigenvalue weighted by Crippen LogP contribution is 2.33. The molecule has 0 aromatic heterocycles. The van der Waals surface area contributed by atoms with Crippen molar-refractivity contribution in [1.29, 1.82) is 5.26 Å². The van der Waals surface area contributed by atoms with E-state index in [-0.39, 0.29) is 5.92 Å². The predicted octanol–water partition coefficient (Wildman–Crippen LogP) is 2.80. The van der Waals surface area contributed by atoms with Crippen molar-refractivity contribution in [3.05, 3.63) is 59.2 Å². The van der Waals surface area contributed by atoms with Crippen molar-refractivity contribution < 1.29 is 4.74 Å². The van der Waals surface area contributed by atoms with Gasteiger partial charge in [0.25, 0.3) is 0 Å². The molecule has 2 aromatic carbocycles. The molecule has 0 aliphatic carbocycles. The van der Waals surface area contributed by atoms with Gasteiger partial charge < -0.3 is 10.5 Å². The van der Waals surface area contributed by atoms with Crippen LogP contribution in [-0.4, -0.2) is 13.2 Å². The van der Waals surface area contributed by atoms with Crippen molar-refractivity contribution in [3.63, 3.8) is 0 Å². The lowest BCUT2D eigenvalue weighted by Gasteiger charge is -2.26. The van der Waals surface area contributed by atoms with Crippen LogP contribution in [0.2, 0.25) is 0 Å². The van der Waals surface area contributed by atoms with Crippen molar-refractivity contribution in [1.82, 2.24) is 0 Å². The van der Waals surface area contributed by atoms with Crippen LogP contribution in [0.15, 0.2) is 42.5 Å². The van der Waals surface area contributed by atoms with Crippen molar-refractivity contribution in [2.24, 2.45) is 5.73 Å². The molecule has 1 heterocycles. The van der Waals surface area contributed by atoms with Crippen molar-refractivity contribution in [2.75, 3.05) is 13.2 Å². The summed E-state index contributed by atoms with van der Waals surface area (Å²) in [6, 6.07) is 16.1. The number of hydrogen-bond donors (Lipinski definition) is 1. The number of nitrogens with two attached hydrogens (primary N) is 1. The summed E-state index contributed by atoms with van der Waals surface area (Å²) in [5.74, 6) is 0.275. The number of fused-ring (bicyclic) bond motifs is 1. The van der Waals surface area contributed by atoms with E-state index in [2.05, 4.69) is 24.3 Å². The summed E-state index contributed by atoms with van der Waals surface area (Å²) in [6.45, 7) is 1.92. The van der Waals surface area contributed by atoms with Gasteiger partial charge in [-0.3, -0.25) is 0 Å². The number of hydrogen-bond acceptors (Lipinski definition) is 3. The molecule has 1 atom stereocenters. The van der Waals surface area contributed by atoms with Crippen LogP contribution in [0.1, 0.15) is 22.6 Å². The minimum Gasteiger partial charge on any atom is -0.376 e. The van der Waals surface area contributed by atoms with E-state index in [0.29, 0.717) is 25.3 Å². The Kier molecular flexibility index (Phi) is 3.51. The molecule has 100 valence electrons. The van der Waals surface area contributed by atoms with E-state index in [1.165, 1.54) is 16.7 Å². The minimum absolute atomic E-state index is 0.275. The maximum Gasteiger partial charge on any atom is 0.0991 e. The Bertz CT molecular complexity index is 656. The van der Waals surface area contributed by atoms with E-state index in [1.54, 1.807) is 0 Å². The van der Waals surface area contributed by atoms with Crippen LogP contribution >= 0.6 is 0 Å². The zero-order valence-corrected chi connectivity index (χ0v) is 11.2. The van der Waals surface area contributed by atoms with Crippen molar-refractivity contribution in [2.45, 2.75) is 12.5 Å². The fourth-order valence-electron chi connectivity index (χ4n) is 2.73. The number of nitriles is 1. The average Bonchev–Trinajstić information content (AvgIpc) is 2.54. The zero-order chi connectivity index (χ0) is 13.9. The normalized spacial score (nSPS) is 17.3. The molecule has 2 aromatic rings. The number of rotatable bonds is 2. The lowest BCUT2D eigenvalue weighted by atomic mass is 9.87. The predicted molar refractivity (Wildman–Crippen MR) is 78.0 cm³/mol. The summed E-state index contributed by atoms with van der Waals surface area (Å²) < 4.78 is 5.67. The van der Waals surface area contributed by atoms with Gasteiger partial charge >= 0.3 is 0 Å². The van der Waals surface area contributed by atoms with E-state index in [0.717, 1.165) is 5.56 Å². The molecular weight excluding hydrogens is 248 g/mol. The molecule has 3 heteroatoms. The Morgan fingerprint density at radius 3 is 2.70 bits per heavy atom. The highest BCUT2D eigenvalue weighted by Gasteiger charge is 2.21. The molecule has 20 heavy (non-hydrogen) atoms. The molecule has 0 amide bonds. The molecule has 0 unspecified atom stereocenters. The van der Waals surface area contributed by atoms with Gasteiger partial charge in [-0.1, -0.05) is 30.3 Å². The third-order valence-electron chi connectivity index (χ3n) is 3.83. The van der Waals surface area contributed by atoms with Gasteiger partial charge in [0.2, 0.25) is 0 Å². The Morgan fingerprint density at radius 1 is 1.20 bits per heavy atom. The molecule has 3 rings (SSSR count). The minimum atomic E-state index is 0.275. The van der Waals surface area contributed by atoms with Crippen LogP contribution < -0.4 is 5.73 Å². The summed E-state index contributed by atoms with van der Waals surface area (Å²) in [7, 11) is 0. The number of ether oxygens (including phenoxy) is 1. The highest BCUT2D eigenvalue weighted by molar-refractivity contribution is 5.70. The molecule has 1 aliphatic heterocycles. The van der Waals surface area contributed by atoms with Gasteiger partial charge in [0.15, 0.2) is 0 Å². The molecule has 0 saturated carbocycles. The van der Waals surface area contributed by atoms with E-state index in [4.69, 9.17) is 15.7 Å². The van der Waals surface area contributed by atoms with Crippen molar-refractivity contribution >= 4 is 0 Å². The van der Waals surface area contributed by atoms with E-state index in [9.17, 15) is 0 Å². The summed E-state index contributed by atoms with van der Waals surface area (Å²) in [4.78, 5) is 0. The Balaban J connectivity index is 2.08. The summed E-state index contributed by atoms with van der Waals surface area (Å²) in [5.41, 5.74) is 11.3. The van der Waals surface area contributed by atoms with Gasteiger partial charge in [0.1, 0.15) is 0 Å². The molecule has 0 radical (unpaired) electrons. The highest BCUT2D eigenvalue weighted by atomic mass is 16.5. The van der Waals surface area contributed by atoms with Crippen LogP contribution in [-0.2, 0) is 11.3 Å². The quantitative estimate of drug-likeness (QED) is 0.907. The van der Waals surface area contributed by atoms with Crippen LogP contribution in [0.5, 0.6) is 0 Å². The molecule has 0 fully saturated rings. The van der Waals surface area contributed by atoms with E-state index < -0.39 is 0 Å². The first-order valence-electron chi connectivity index (χ1n) is 6.73. The van der Waals surface area contributed by atoms with Gasteiger partial charge in [0.05, 0.1) is 24.8 Å². The van der Waals surface area contributed by atoms with Crippen LogP contribution in [0.4, 0.5) is 0 Å². The maximum atomic E-state index is 8.87. The van der Waals surface area contributed by atoms with Crippen LogP contribution in [0.25, 0.3) is 11.1 Å². The Hall–Kier alpha value is -2.15. The standard InChI is InChI=1S/C17H16N2O/c18-8-12-4-6-13(7-5-12)15-2-1-3-16-14(9-19)10-20-11-17(15)16/h1-7,14H,9-11,19H2/t14-/m0/s1. The third-order valence-corrected chi connectivity index (χ3v) is 3.83. The summed E-state index contributed by atoms with van der Waals surface area (Å²) in [5, 5.41) is 8.87. The first-order valence-corrected chi connectivity index (χ1v) is 6.73. The topological polar surface area (TPSA) is 59.0 Å². The van der Waals surface area contributed by atoms with Gasteiger partial charge in [-0.15, -0.1) is 0 Å². The van der Waals surface area contributed by atoms with Gasteiger partial charge in [-0.05, 0) is 34.4 Å². The van der Waals surface area contributed by atoms with Gasteiger partial charge in [0, 0.05) is 12.5 Å². The molecule has 0 bridgehead atoms. The maximum absolute atomic E-state index is 8.87. The molecule has 0 saturated heterocycles. The summed E-state index contributed by atoms with van der Waals surface area (Å²) >= 11 is 0. The second-order valence-electron chi connectivity index (χ2n) is 5.01. The number of benzene rings is 2. The Morgan fingerprint density at radius 2 is 2.00 bits per heavy atom. The van der Waals surface area contributed by atoms with E-state index in [1.807, 2.05) is 24.3 Å². The second kappa shape index (κ2) is 5.46. The summed E-state index contributed by atoms with van der Waals surface area (Å²) in [6.07, 6.45) is 0. The lowest BCUT2D eigenvalue weighted by molar-refractivity contribution is 0.0932. The first kappa shape index (κ1) is 12.9. The molecule has 0 spiro atoms. The first-order chi connectivity index (χ1) is 9.83. The third kappa shape index (κ3) is 2.20. The average molecular weight is 264 g/mol. The SMILES string of the molecule is N#Cc1ccc(-c2cccc3c2COC[C@@H]3CN)cc1. The van der Waals surface area contributed by atoms with Crippen LogP contribution in [0, 0.1) is 11.3 Å². The van der Waals surface area contributed by atoms with E-state index >= 15 is 0 Å². The molecule has 1 aliphatic rings. The van der Waals surface area contributed by atoms with Crippen LogP contribution in [0.3, 0.4) is 0 Å². The molecule has 3 nitrogen and oxygen atoms in total. The second-order valence-corrected chi connectivity index (χ2v) is 5.01. The van der Waals surface area contributed by atoms with Gasteiger partial charge in [-0.25, -0.2) is 0 Å². The number of nitrogens with zero attached hydrogens (tertiary/aromatic N) is 1. The van der Waals surface area contributed by atoms with Gasteiger partial charge in [-0.2, -0.15) is 5.26 Å². The molecular formula is C17H16N2O. The Labute approximate surface area is 118 Å². The lowest BCUT2D eigenvalue weighted by Crippen LogP contribution is -2.24. The molecule has 2 N–H and O–H groups in total. The smallest absolute Gasteiger partial charge is 0.0991 e. The largest absolute Gasteiger partial charge is 0.376 e.